The minimum Gasteiger partial charge on any atom is -0.362 e. The lowest BCUT2D eigenvalue weighted by molar-refractivity contribution is 0.0932. The van der Waals surface area contributed by atoms with Crippen LogP contribution in [0.5, 0.6) is 0 Å². The van der Waals surface area contributed by atoms with E-state index in [1.54, 1.807) is 12.1 Å². The fourth-order valence-corrected chi connectivity index (χ4v) is 2.91. The smallest absolute Gasteiger partial charge is 0.272 e. The van der Waals surface area contributed by atoms with Crippen LogP contribution in [-0.4, -0.2) is 22.1 Å². The van der Waals surface area contributed by atoms with Crippen LogP contribution in [0.3, 0.4) is 0 Å². The Hall–Kier alpha value is -2.43. The van der Waals surface area contributed by atoms with Crippen LogP contribution in [0, 0.1) is 0 Å². The van der Waals surface area contributed by atoms with Crippen LogP contribution in [0.4, 0.5) is 5.82 Å². The van der Waals surface area contributed by atoms with Gasteiger partial charge in [0.2, 0.25) is 0 Å². The Balaban J connectivity index is 1.59. The third kappa shape index (κ3) is 4.06. The number of carbonyl (C=O) groups is 1. The molecule has 3 rings (SSSR count). The second kappa shape index (κ2) is 7.22. The molecule has 2 aromatic rings. The van der Waals surface area contributed by atoms with Crippen molar-refractivity contribution >= 4 is 11.7 Å². The molecule has 1 heterocycles. The van der Waals surface area contributed by atoms with Gasteiger partial charge >= 0.3 is 0 Å². The molecule has 1 amide bonds. The van der Waals surface area contributed by atoms with Gasteiger partial charge in [-0.05, 0) is 37.5 Å². The number of aromatic nitrogens is 2. The molecular formula is C18H22N4O. The highest BCUT2D eigenvalue weighted by Crippen LogP contribution is 2.19. The van der Waals surface area contributed by atoms with E-state index in [0.717, 1.165) is 12.8 Å². The van der Waals surface area contributed by atoms with Crippen LogP contribution < -0.4 is 10.6 Å². The summed E-state index contributed by atoms with van der Waals surface area (Å²) in [5, 5.41) is 14.5. The fourth-order valence-electron chi connectivity index (χ4n) is 2.91. The zero-order chi connectivity index (χ0) is 16.1. The molecule has 1 saturated carbocycles. The third-order valence-electron chi connectivity index (χ3n) is 4.25. The first-order valence-corrected chi connectivity index (χ1v) is 8.18. The van der Waals surface area contributed by atoms with Crippen molar-refractivity contribution in [2.24, 2.45) is 0 Å². The molecule has 1 aromatic carbocycles. The largest absolute Gasteiger partial charge is 0.362 e. The molecule has 1 aromatic heterocycles. The number of anilines is 1. The number of carbonyl (C=O) groups excluding carboxylic acids is 1. The van der Waals surface area contributed by atoms with Crippen molar-refractivity contribution in [3.8, 4) is 0 Å². The van der Waals surface area contributed by atoms with Gasteiger partial charge in [-0.15, -0.1) is 10.2 Å². The summed E-state index contributed by atoms with van der Waals surface area (Å²) in [6, 6.07) is 14.1. The summed E-state index contributed by atoms with van der Waals surface area (Å²) in [4.78, 5) is 12.1. The standard InChI is InChI=1S/C18H22N4O/c1-13(14-7-3-2-4-8-14)19-17-12-11-16(21-22-17)18(23)20-15-9-5-6-10-15/h2-4,7-8,11-13,15H,5-6,9-10H2,1H3,(H,19,22)(H,20,23). The van der Waals surface area contributed by atoms with Gasteiger partial charge in [-0.1, -0.05) is 43.2 Å². The average molecular weight is 310 g/mol. The molecule has 5 nitrogen and oxygen atoms in total. The molecule has 5 heteroatoms. The maximum atomic E-state index is 12.1. The van der Waals surface area contributed by atoms with Crippen LogP contribution in [-0.2, 0) is 0 Å². The molecule has 0 saturated heterocycles. The Morgan fingerprint density at radius 3 is 2.48 bits per heavy atom. The van der Waals surface area contributed by atoms with Crippen molar-refractivity contribution in [3.63, 3.8) is 0 Å². The van der Waals surface area contributed by atoms with E-state index < -0.39 is 0 Å². The molecule has 1 aliphatic carbocycles. The number of hydrogen-bond donors (Lipinski definition) is 2. The molecule has 23 heavy (non-hydrogen) atoms. The van der Waals surface area contributed by atoms with Gasteiger partial charge in [-0.25, -0.2) is 0 Å². The fraction of sp³-hybridized carbons (Fsp3) is 0.389. The van der Waals surface area contributed by atoms with Crippen LogP contribution in [0.25, 0.3) is 0 Å². The first-order chi connectivity index (χ1) is 11.2. The number of rotatable bonds is 5. The average Bonchev–Trinajstić information content (AvgIpc) is 3.09. The lowest BCUT2D eigenvalue weighted by Crippen LogP contribution is -2.33. The Kier molecular flexibility index (Phi) is 4.86. The number of nitrogens with one attached hydrogen (secondary N) is 2. The van der Waals surface area contributed by atoms with Gasteiger partial charge in [0.25, 0.3) is 5.91 Å². The van der Waals surface area contributed by atoms with E-state index in [2.05, 4.69) is 39.9 Å². The third-order valence-corrected chi connectivity index (χ3v) is 4.25. The predicted molar refractivity (Wildman–Crippen MR) is 90.2 cm³/mol. The van der Waals surface area contributed by atoms with Gasteiger partial charge < -0.3 is 10.6 Å². The summed E-state index contributed by atoms with van der Waals surface area (Å²) in [6.45, 7) is 2.07. The molecule has 1 unspecified atom stereocenters. The second-order valence-corrected chi connectivity index (χ2v) is 6.04. The number of amides is 1. The highest BCUT2D eigenvalue weighted by Gasteiger charge is 2.18. The zero-order valence-corrected chi connectivity index (χ0v) is 13.3. The zero-order valence-electron chi connectivity index (χ0n) is 13.3. The van der Waals surface area contributed by atoms with Crippen molar-refractivity contribution in [1.82, 2.24) is 15.5 Å². The summed E-state index contributed by atoms with van der Waals surface area (Å²) in [6.07, 6.45) is 4.51. The topological polar surface area (TPSA) is 66.9 Å². The molecular weight excluding hydrogens is 288 g/mol. The van der Waals surface area contributed by atoms with Crippen LogP contribution in [0.1, 0.15) is 54.7 Å². The monoisotopic (exact) mass is 310 g/mol. The van der Waals surface area contributed by atoms with Crippen LogP contribution in [0.2, 0.25) is 0 Å². The second-order valence-electron chi connectivity index (χ2n) is 6.04. The van der Waals surface area contributed by atoms with E-state index in [4.69, 9.17) is 0 Å². The van der Waals surface area contributed by atoms with Gasteiger partial charge in [0, 0.05) is 12.1 Å². The minimum absolute atomic E-state index is 0.128. The molecule has 2 N–H and O–H groups in total. The van der Waals surface area contributed by atoms with Gasteiger partial charge in [-0.3, -0.25) is 4.79 Å². The number of nitrogens with zero attached hydrogens (tertiary/aromatic N) is 2. The summed E-state index contributed by atoms with van der Waals surface area (Å²) < 4.78 is 0. The van der Waals surface area contributed by atoms with Crippen molar-refractivity contribution in [3.05, 3.63) is 53.7 Å². The van der Waals surface area contributed by atoms with Gasteiger partial charge in [0.15, 0.2) is 5.69 Å². The summed E-state index contributed by atoms with van der Waals surface area (Å²) in [5.74, 6) is 0.533. The molecule has 0 bridgehead atoms. The van der Waals surface area contributed by atoms with Crippen LogP contribution in [0.15, 0.2) is 42.5 Å². The molecule has 1 aliphatic rings. The van der Waals surface area contributed by atoms with Crippen molar-refractivity contribution in [1.29, 1.82) is 0 Å². The lowest BCUT2D eigenvalue weighted by Gasteiger charge is -2.15. The minimum atomic E-state index is -0.132. The van der Waals surface area contributed by atoms with E-state index in [1.807, 2.05) is 18.2 Å². The predicted octanol–water partition coefficient (Wildman–Crippen LogP) is 3.32. The van der Waals surface area contributed by atoms with Gasteiger partial charge in [-0.2, -0.15) is 0 Å². The number of benzene rings is 1. The van der Waals surface area contributed by atoms with E-state index in [-0.39, 0.29) is 11.9 Å². The van der Waals surface area contributed by atoms with Crippen LogP contribution >= 0.6 is 0 Å². The lowest BCUT2D eigenvalue weighted by atomic mass is 10.1. The maximum absolute atomic E-state index is 12.1. The summed E-state index contributed by atoms with van der Waals surface area (Å²) in [5.41, 5.74) is 1.55. The Labute approximate surface area is 136 Å². The summed E-state index contributed by atoms with van der Waals surface area (Å²) in [7, 11) is 0. The highest BCUT2D eigenvalue weighted by molar-refractivity contribution is 5.92. The van der Waals surface area contributed by atoms with Crippen molar-refractivity contribution < 1.29 is 4.79 Å². The van der Waals surface area contributed by atoms with E-state index >= 15 is 0 Å². The molecule has 1 fully saturated rings. The first kappa shape index (κ1) is 15.5. The van der Waals surface area contributed by atoms with E-state index in [0.29, 0.717) is 17.6 Å². The highest BCUT2D eigenvalue weighted by atomic mass is 16.2. The molecule has 0 aliphatic heterocycles. The first-order valence-electron chi connectivity index (χ1n) is 8.18. The van der Waals surface area contributed by atoms with Crippen molar-refractivity contribution in [2.75, 3.05) is 5.32 Å². The normalized spacial score (nSPS) is 16.0. The summed E-state index contributed by atoms with van der Waals surface area (Å²) >= 11 is 0. The molecule has 1 atom stereocenters. The molecule has 120 valence electrons. The maximum Gasteiger partial charge on any atom is 0.272 e. The van der Waals surface area contributed by atoms with Gasteiger partial charge in [0.05, 0.1) is 0 Å². The quantitative estimate of drug-likeness (QED) is 0.889. The van der Waals surface area contributed by atoms with Crippen molar-refractivity contribution in [2.45, 2.75) is 44.7 Å². The molecule has 0 spiro atoms. The Bertz CT molecular complexity index is 636. The van der Waals surface area contributed by atoms with E-state index in [9.17, 15) is 4.79 Å². The van der Waals surface area contributed by atoms with Gasteiger partial charge in [0.1, 0.15) is 5.82 Å². The van der Waals surface area contributed by atoms with E-state index in [1.165, 1.54) is 18.4 Å². The SMILES string of the molecule is CC(Nc1ccc(C(=O)NC2CCCC2)nn1)c1ccccc1. The Morgan fingerprint density at radius 1 is 1.09 bits per heavy atom. The molecule has 0 radical (unpaired) electrons. The Morgan fingerprint density at radius 2 is 1.83 bits per heavy atom. The number of hydrogen-bond acceptors (Lipinski definition) is 4.